The average molecular weight is 574 g/mol. The van der Waals surface area contributed by atoms with Crippen LogP contribution in [0, 0.1) is 23.5 Å². The van der Waals surface area contributed by atoms with Gasteiger partial charge in [-0.25, -0.2) is 9.37 Å². The molecule has 0 spiro atoms. The van der Waals surface area contributed by atoms with Gasteiger partial charge in [0, 0.05) is 41.6 Å². The molecule has 6 N–H and O–H groups in total. The van der Waals surface area contributed by atoms with Gasteiger partial charge in [-0.15, -0.1) is 0 Å². The number of amides is 3. The molecule has 1 fully saturated rings. The van der Waals surface area contributed by atoms with Crippen molar-refractivity contribution in [1.82, 2.24) is 4.98 Å². The molecule has 3 amide bonds. The number of halogens is 5. The summed E-state index contributed by atoms with van der Waals surface area (Å²) in [4.78, 5) is 41.4. The van der Waals surface area contributed by atoms with Crippen molar-refractivity contribution in [3.8, 4) is 5.75 Å². The SMILES string of the molecule is COc1c([C@H]2[C@H](C(=O)Nc3cc(NC(=O)[C@H](C)CN)nc(C(N)=O)c3)O[C@@](C)(C(F)(F)F)[C@H]2C)ccc(F)c1F. The predicted octanol–water partition coefficient (Wildman–Crippen LogP) is 3.08. The van der Waals surface area contributed by atoms with Gasteiger partial charge in [-0.1, -0.05) is 19.9 Å². The van der Waals surface area contributed by atoms with Crippen molar-refractivity contribution in [3.05, 3.63) is 47.2 Å². The Labute approximate surface area is 225 Å². The number of anilines is 2. The highest BCUT2D eigenvalue weighted by Gasteiger charge is 2.66. The number of nitrogens with zero attached hydrogens (tertiary/aromatic N) is 1. The van der Waals surface area contributed by atoms with E-state index >= 15 is 0 Å². The number of primary amides is 1. The Hall–Kier alpha value is -3.85. The van der Waals surface area contributed by atoms with E-state index in [1.165, 1.54) is 6.92 Å². The highest BCUT2D eigenvalue weighted by molar-refractivity contribution is 5.99. The monoisotopic (exact) mass is 573 g/mol. The van der Waals surface area contributed by atoms with E-state index in [0.29, 0.717) is 6.07 Å². The number of nitrogens with one attached hydrogen (secondary N) is 2. The van der Waals surface area contributed by atoms with E-state index in [4.69, 9.17) is 20.9 Å². The summed E-state index contributed by atoms with van der Waals surface area (Å²) in [6.07, 6.45) is -6.85. The van der Waals surface area contributed by atoms with Crippen LogP contribution in [0.4, 0.5) is 33.5 Å². The molecule has 1 aliphatic rings. The fourth-order valence-electron chi connectivity index (χ4n) is 4.40. The van der Waals surface area contributed by atoms with Crippen LogP contribution < -0.4 is 26.8 Å². The molecule has 0 aliphatic carbocycles. The summed E-state index contributed by atoms with van der Waals surface area (Å²) in [5.74, 6) is -9.91. The lowest BCUT2D eigenvalue weighted by Crippen LogP contribution is -2.47. The maximum absolute atomic E-state index is 14.5. The number of carbonyl (C=O) groups is 3. The first kappa shape index (κ1) is 30.7. The molecule has 15 heteroatoms. The first-order valence-electron chi connectivity index (χ1n) is 12.0. The molecule has 2 heterocycles. The van der Waals surface area contributed by atoms with Gasteiger partial charge in [0.25, 0.3) is 11.8 Å². The van der Waals surface area contributed by atoms with Crippen molar-refractivity contribution in [2.45, 2.75) is 44.6 Å². The van der Waals surface area contributed by atoms with E-state index in [0.717, 1.165) is 39.2 Å². The van der Waals surface area contributed by atoms with Crippen LogP contribution in [0.25, 0.3) is 0 Å². The van der Waals surface area contributed by atoms with Crippen LogP contribution in [-0.4, -0.2) is 54.2 Å². The minimum absolute atomic E-state index is 0.00502. The number of ether oxygens (including phenoxy) is 2. The molecule has 0 bridgehead atoms. The van der Waals surface area contributed by atoms with E-state index in [9.17, 15) is 36.3 Å². The lowest BCUT2D eigenvalue weighted by molar-refractivity contribution is -0.272. The third-order valence-corrected chi connectivity index (χ3v) is 6.97. The lowest BCUT2D eigenvalue weighted by Gasteiger charge is -2.32. The van der Waals surface area contributed by atoms with Gasteiger partial charge in [-0.2, -0.15) is 17.6 Å². The summed E-state index contributed by atoms with van der Waals surface area (Å²) >= 11 is 0. The quantitative estimate of drug-likeness (QED) is 0.353. The summed E-state index contributed by atoms with van der Waals surface area (Å²) in [5.41, 5.74) is 7.13. The van der Waals surface area contributed by atoms with Crippen molar-refractivity contribution in [2.75, 3.05) is 24.3 Å². The van der Waals surface area contributed by atoms with Gasteiger partial charge in [0.05, 0.1) is 7.11 Å². The summed E-state index contributed by atoms with van der Waals surface area (Å²) in [6, 6.07) is 3.90. The van der Waals surface area contributed by atoms with Crippen molar-refractivity contribution in [3.63, 3.8) is 0 Å². The number of benzene rings is 1. The van der Waals surface area contributed by atoms with Crippen LogP contribution in [0.3, 0.4) is 0 Å². The van der Waals surface area contributed by atoms with Crippen LogP contribution >= 0.6 is 0 Å². The molecule has 2 aromatic rings. The fourth-order valence-corrected chi connectivity index (χ4v) is 4.40. The number of aromatic nitrogens is 1. The van der Waals surface area contributed by atoms with E-state index in [1.807, 2.05) is 0 Å². The van der Waals surface area contributed by atoms with Gasteiger partial charge in [0.2, 0.25) is 11.7 Å². The number of alkyl halides is 3. The molecule has 1 aromatic carbocycles. The zero-order valence-corrected chi connectivity index (χ0v) is 21.9. The second-order valence-corrected chi connectivity index (χ2v) is 9.55. The highest BCUT2D eigenvalue weighted by Crippen LogP contribution is 2.55. The number of hydrogen-bond donors (Lipinski definition) is 4. The van der Waals surface area contributed by atoms with E-state index in [1.54, 1.807) is 0 Å². The molecular formula is C25H28F5N5O5. The fraction of sp³-hybridized carbons (Fsp3) is 0.440. The van der Waals surface area contributed by atoms with Crippen LogP contribution in [0.1, 0.15) is 42.7 Å². The lowest BCUT2D eigenvalue weighted by atomic mass is 9.77. The number of nitrogens with two attached hydrogens (primary N) is 2. The molecule has 0 saturated carbocycles. The van der Waals surface area contributed by atoms with E-state index in [2.05, 4.69) is 15.6 Å². The third-order valence-electron chi connectivity index (χ3n) is 6.97. The first-order valence-corrected chi connectivity index (χ1v) is 12.0. The van der Waals surface area contributed by atoms with Gasteiger partial charge in [-0.3, -0.25) is 14.4 Å². The van der Waals surface area contributed by atoms with Crippen molar-refractivity contribution in [1.29, 1.82) is 0 Å². The third kappa shape index (κ3) is 5.70. The second-order valence-electron chi connectivity index (χ2n) is 9.55. The second kappa shape index (κ2) is 11.3. The number of hydrogen-bond acceptors (Lipinski definition) is 7. The highest BCUT2D eigenvalue weighted by atomic mass is 19.4. The molecule has 10 nitrogen and oxygen atoms in total. The molecule has 0 unspecified atom stereocenters. The normalized spacial score (nSPS) is 23.4. The van der Waals surface area contributed by atoms with E-state index in [-0.39, 0.29) is 29.3 Å². The maximum Gasteiger partial charge on any atom is 0.417 e. The predicted molar refractivity (Wildman–Crippen MR) is 132 cm³/mol. The van der Waals surface area contributed by atoms with E-state index < -0.39 is 70.7 Å². The van der Waals surface area contributed by atoms with Crippen molar-refractivity contribution < 1.29 is 45.8 Å². The zero-order valence-electron chi connectivity index (χ0n) is 21.9. The molecule has 5 atom stereocenters. The number of pyridine rings is 1. The van der Waals surface area contributed by atoms with Crippen LogP contribution in [-0.2, 0) is 14.3 Å². The Bertz CT molecular complexity index is 1320. The summed E-state index contributed by atoms with van der Waals surface area (Å²) in [5, 5.41) is 4.75. The standard InChI is InChI=1S/C25H28F5N5O5/c1-10(9-31)22(37)35-16-8-12(7-15(34-16)21(32)36)33-23(38)20-17(11(2)24(3,40-20)25(28,29)30)13-5-6-14(26)18(27)19(13)39-4/h5-8,10-11,17,20H,9,31H2,1-4H3,(H2,32,36)(H2,33,34,35,37,38)/t10-,11+,17+,20-,24-/m1/s1. The molecule has 1 saturated heterocycles. The van der Waals surface area contributed by atoms with Gasteiger partial charge >= 0.3 is 6.18 Å². The molecular weight excluding hydrogens is 545 g/mol. The minimum atomic E-state index is -4.96. The molecule has 3 rings (SSSR count). The number of rotatable bonds is 8. The first-order chi connectivity index (χ1) is 18.5. The Morgan fingerprint density at radius 1 is 1.20 bits per heavy atom. The Morgan fingerprint density at radius 3 is 2.40 bits per heavy atom. The number of methoxy groups -OCH3 is 1. The Morgan fingerprint density at radius 2 is 1.85 bits per heavy atom. The molecule has 40 heavy (non-hydrogen) atoms. The largest absolute Gasteiger partial charge is 0.493 e. The molecule has 1 aromatic heterocycles. The van der Waals surface area contributed by atoms with Crippen LogP contribution in [0.15, 0.2) is 24.3 Å². The molecule has 218 valence electrons. The van der Waals surface area contributed by atoms with Gasteiger partial charge in [-0.05, 0) is 19.1 Å². The smallest absolute Gasteiger partial charge is 0.417 e. The van der Waals surface area contributed by atoms with Gasteiger partial charge < -0.3 is 31.6 Å². The molecule has 0 radical (unpaired) electrons. The van der Waals surface area contributed by atoms with Crippen molar-refractivity contribution in [2.24, 2.45) is 23.3 Å². The average Bonchev–Trinajstić information content (AvgIpc) is 3.16. The minimum Gasteiger partial charge on any atom is -0.493 e. The topological polar surface area (TPSA) is 159 Å². The van der Waals surface area contributed by atoms with Crippen LogP contribution in [0.2, 0.25) is 0 Å². The number of carbonyl (C=O) groups excluding carboxylic acids is 3. The molecule has 1 aliphatic heterocycles. The zero-order chi connectivity index (χ0) is 30.2. The summed E-state index contributed by atoms with van der Waals surface area (Å²) in [6.45, 7) is 3.43. The Balaban J connectivity index is 2.06. The summed E-state index contributed by atoms with van der Waals surface area (Å²) in [7, 11) is 1.00. The summed E-state index contributed by atoms with van der Waals surface area (Å²) < 4.78 is 81.2. The van der Waals surface area contributed by atoms with Crippen LogP contribution in [0.5, 0.6) is 5.75 Å². The van der Waals surface area contributed by atoms with Crippen molar-refractivity contribution >= 4 is 29.2 Å². The maximum atomic E-state index is 14.5. The van der Waals surface area contributed by atoms with Gasteiger partial charge in [0.1, 0.15) is 17.6 Å². The Kier molecular flexibility index (Phi) is 8.69. The van der Waals surface area contributed by atoms with Gasteiger partial charge in [0.15, 0.2) is 17.2 Å².